The monoisotopic (exact) mass is 579 g/mol. The first-order valence-corrected chi connectivity index (χ1v) is 11.0. The van der Waals surface area contributed by atoms with Gasteiger partial charge in [-0.2, -0.15) is 0 Å². The van der Waals surface area contributed by atoms with Gasteiger partial charge in [0.15, 0.2) is 0 Å². The van der Waals surface area contributed by atoms with Crippen LogP contribution in [0, 0.1) is 11.7 Å². The zero-order chi connectivity index (χ0) is 19.3. The lowest BCUT2D eigenvalue weighted by Gasteiger charge is -2.35. The van der Waals surface area contributed by atoms with Crippen molar-refractivity contribution < 1.29 is 14.6 Å². The average molecular weight is 581 g/mol. The average Bonchev–Trinajstić information content (AvgIpc) is 3.03. The topological polar surface area (TPSA) is 73.2 Å². The highest BCUT2D eigenvalue weighted by Crippen LogP contribution is 2.41. The van der Waals surface area contributed by atoms with Crippen molar-refractivity contribution in [2.45, 2.75) is 29.7 Å². The number of benzene rings is 2. The summed E-state index contributed by atoms with van der Waals surface area (Å²) in [6.07, 6.45) is 3.42. The molecule has 0 spiro atoms. The second kappa shape index (κ2) is 13.6. The number of ether oxygens (including phenoxy) is 1. The highest BCUT2D eigenvalue weighted by atomic mass is 79.9. The van der Waals surface area contributed by atoms with Crippen molar-refractivity contribution >= 4 is 51.4 Å². The highest BCUT2D eigenvalue weighted by Gasteiger charge is 2.30. The summed E-state index contributed by atoms with van der Waals surface area (Å²) in [5.74, 6) is 1.21. The lowest BCUT2D eigenvalue weighted by atomic mass is 9.96. The molecule has 4 rings (SSSR count). The van der Waals surface area contributed by atoms with Gasteiger partial charge < -0.3 is 25.7 Å². The van der Waals surface area contributed by atoms with Gasteiger partial charge in [0, 0.05) is 18.0 Å². The normalized spacial score (nSPS) is 18.4. The minimum Gasteiger partial charge on any atom is -0.494 e. The van der Waals surface area contributed by atoms with Crippen LogP contribution >= 0.6 is 45.7 Å². The number of para-hydroxylation sites is 1. The SMILES string of the molecule is Br.Br.NC1Sc2ccccc2N1CC1CCN(CCCOc2ccc(F)cc2)CC1.O. The first kappa shape index (κ1) is 28.2. The Morgan fingerprint density at radius 3 is 2.42 bits per heavy atom. The molecule has 4 N–H and O–H groups in total. The van der Waals surface area contributed by atoms with Gasteiger partial charge in [0.05, 0.1) is 12.3 Å². The molecule has 2 aromatic rings. The Labute approximate surface area is 209 Å². The molecule has 1 atom stereocenters. The Morgan fingerprint density at radius 1 is 1.03 bits per heavy atom. The lowest BCUT2D eigenvalue weighted by Crippen LogP contribution is -2.43. The number of piperidine rings is 1. The van der Waals surface area contributed by atoms with Gasteiger partial charge in [-0.15, -0.1) is 34.0 Å². The first-order chi connectivity index (χ1) is 13.7. The Hall–Kier alpha value is -0.840. The molecule has 2 heterocycles. The molecule has 2 aliphatic rings. The van der Waals surface area contributed by atoms with E-state index in [-0.39, 0.29) is 50.8 Å². The standard InChI is InChI=1S/C22H28FN3OS.2BrH.H2O/c23-18-6-8-19(9-7-18)27-15-3-12-25-13-10-17(11-14-25)16-26-20-4-1-2-5-21(20)28-22(26)24;;;/h1-2,4-9,17,22H,3,10-16,24H2;2*1H;1H2. The van der Waals surface area contributed by atoms with E-state index in [9.17, 15) is 4.39 Å². The molecule has 0 amide bonds. The summed E-state index contributed by atoms with van der Waals surface area (Å²) in [5.41, 5.74) is 7.69. The summed E-state index contributed by atoms with van der Waals surface area (Å²) in [7, 11) is 0. The summed E-state index contributed by atoms with van der Waals surface area (Å²) in [4.78, 5) is 6.20. The number of fused-ring (bicyclic) bond motifs is 1. The molecule has 0 bridgehead atoms. The summed E-state index contributed by atoms with van der Waals surface area (Å²) in [6, 6.07) is 14.8. The number of hydrogen-bond donors (Lipinski definition) is 1. The molecule has 0 aliphatic carbocycles. The maximum Gasteiger partial charge on any atom is 0.130 e. The number of nitrogens with zero attached hydrogens (tertiary/aromatic N) is 2. The fourth-order valence-electron chi connectivity index (χ4n) is 4.01. The van der Waals surface area contributed by atoms with Gasteiger partial charge >= 0.3 is 0 Å². The first-order valence-electron chi connectivity index (χ1n) is 10.1. The molecule has 0 radical (unpaired) electrons. The quantitative estimate of drug-likeness (QED) is 0.488. The fourth-order valence-corrected chi connectivity index (χ4v) is 5.06. The maximum atomic E-state index is 12.9. The lowest BCUT2D eigenvalue weighted by molar-refractivity contribution is 0.172. The summed E-state index contributed by atoms with van der Waals surface area (Å²) in [6.45, 7) is 5.04. The van der Waals surface area contributed by atoms with Crippen molar-refractivity contribution in [2.75, 3.05) is 37.7 Å². The molecule has 2 aliphatic heterocycles. The molecular formula is C22H32Br2FN3O2S. The molecule has 1 fully saturated rings. The van der Waals surface area contributed by atoms with Crippen molar-refractivity contribution in [1.29, 1.82) is 0 Å². The van der Waals surface area contributed by atoms with Crippen LogP contribution in [0.2, 0.25) is 0 Å². The number of halogens is 3. The Bertz CT molecular complexity index is 780. The van der Waals surface area contributed by atoms with E-state index in [2.05, 4.69) is 34.1 Å². The predicted molar refractivity (Wildman–Crippen MR) is 138 cm³/mol. The minimum absolute atomic E-state index is 0. The van der Waals surface area contributed by atoms with Crippen molar-refractivity contribution in [1.82, 2.24) is 4.90 Å². The third-order valence-corrected chi connectivity index (χ3v) is 6.69. The maximum absolute atomic E-state index is 12.9. The molecule has 0 saturated carbocycles. The van der Waals surface area contributed by atoms with Gasteiger partial charge in [-0.1, -0.05) is 23.9 Å². The van der Waals surface area contributed by atoms with Crippen molar-refractivity contribution in [3.63, 3.8) is 0 Å². The summed E-state index contributed by atoms with van der Waals surface area (Å²) in [5, 5.41) is 0. The van der Waals surface area contributed by atoms with Gasteiger partial charge in [-0.3, -0.25) is 0 Å². The Kier molecular flexibility index (Phi) is 12.4. The number of rotatable bonds is 7. The van der Waals surface area contributed by atoms with Crippen LogP contribution < -0.4 is 15.4 Å². The van der Waals surface area contributed by atoms with Crippen LogP contribution in [0.25, 0.3) is 0 Å². The van der Waals surface area contributed by atoms with E-state index in [0.29, 0.717) is 12.5 Å². The number of anilines is 1. The van der Waals surface area contributed by atoms with E-state index in [1.807, 2.05) is 0 Å². The molecule has 0 aromatic heterocycles. The van der Waals surface area contributed by atoms with Gasteiger partial charge in [0.25, 0.3) is 0 Å². The Morgan fingerprint density at radius 2 is 1.71 bits per heavy atom. The highest BCUT2D eigenvalue weighted by molar-refractivity contribution is 8.93. The van der Waals surface area contributed by atoms with Crippen molar-refractivity contribution in [3.05, 3.63) is 54.3 Å². The molecule has 1 saturated heterocycles. The van der Waals surface area contributed by atoms with Crippen molar-refractivity contribution in [2.24, 2.45) is 11.7 Å². The molecule has 1 unspecified atom stereocenters. The summed E-state index contributed by atoms with van der Waals surface area (Å²) < 4.78 is 18.6. The number of hydrogen-bond acceptors (Lipinski definition) is 5. The molecule has 9 heteroatoms. The van der Waals surface area contributed by atoms with Crippen LogP contribution in [-0.4, -0.2) is 48.7 Å². The third kappa shape index (κ3) is 7.61. The van der Waals surface area contributed by atoms with Crippen LogP contribution in [0.5, 0.6) is 5.75 Å². The smallest absolute Gasteiger partial charge is 0.130 e. The number of thioether (sulfide) groups is 1. The molecule has 31 heavy (non-hydrogen) atoms. The molecule has 2 aromatic carbocycles. The van der Waals surface area contributed by atoms with E-state index in [4.69, 9.17) is 10.5 Å². The van der Waals surface area contributed by atoms with Crippen LogP contribution in [0.1, 0.15) is 19.3 Å². The Balaban J connectivity index is 0.00000160. The van der Waals surface area contributed by atoms with Gasteiger partial charge in [-0.25, -0.2) is 4.39 Å². The number of nitrogens with two attached hydrogens (primary N) is 1. The summed E-state index contributed by atoms with van der Waals surface area (Å²) >= 11 is 1.76. The minimum atomic E-state index is -0.229. The van der Waals surface area contributed by atoms with Crippen LogP contribution in [0.4, 0.5) is 10.1 Å². The van der Waals surface area contributed by atoms with E-state index >= 15 is 0 Å². The van der Waals surface area contributed by atoms with Gasteiger partial charge in [0.2, 0.25) is 0 Å². The zero-order valence-electron chi connectivity index (χ0n) is 17.4. The van der Waals surface area contributed by atoms with Crippen molar-refractivity contribution in [3.8, 4) is 5.75 Å². The van der Waals surface area contributed by atoms with Gasteiger partial charge in [-0.05, 0) is 74.7 Å². The van der Waals surface area contributed by atoms with E-state index < -0.39 is 0 Å². The van der Waals surface area contributed by atoms with Gasteiger partial charge in [0.1, 0.15) is 17.1 Å². The largest absolute Gasteiger partial charge is 0.494 e. The second-order valence-electron chi connectivity index (χ2n) is 7.57. The third-order valence-electron chi connectivity index (χ3n) is 5.59. The van der Waals surface area contributed by atoms with Crippen LogP contribution in [0.15, 0.2) is 53.4 Å². The predicted octanol–water partition coefficient (Wildman–Crippen LogP) is 4.49. The van der Waals surface area contributed by atoms with Crippen LogP contribution in [0.3, 0.4) is 0 Å². The van der Waals surface area contributed by atoms with E-state index in [0.717, 1.165) is 38.3 Å². The molecule has 174 valence electrons. The van der Waals surface area contributed by atoms with E-state index in [1.165, 1.54) is 35.6 Å². The molecular weight excluding hydrogens is 549 g/mol. The van der Waals surface area contributed by atoms with Crippen LogP contribution in [-0.2, 0) is 0 Å². The second-order valence-corrected chi connectivity index (χ2v) is 8.73. The molecule has 5 nitrogen and oxygen atoms in total. The zero-order valence-corrected chi connectivity index (χ0v) is 21.7. The van der Waals surface area contributed by atoms with E-state index in [1.54, 1.807) is 23.9 Å². The number of likely N-dealkylation sites (tertiary alicyclic amines) is 1. The fraction of sp³-hybridized carbons (Fsp3) is 0.455.